The van der Waals surface area contributed by atoms with Crippen LogP contribution in [-0.2, 0) is 9.47 Å². The smallest absolute Gasteiger partial charge is 0.338 e. The van der Waals surface area contributed by atoms with E-state index in [1.165, 1.54) is 0 Å². The molecule has 1 aliphatic rings. The van der Waals surface area contributed by atoms with Crippen molar-refractivity contribution in [2.24, 2.45) is 5.92 Å². The quantitative estimate of drug-likeness (QED) is 0.688. The van der Waals surface area contributed by atoms with Crippen LogP contribution in [0.2, 0.25) is 0 Å². The van der Waals surface area contributed by atoms with Crippen LogP contribution >= 0.6 is 15.9 Å². The summed E-state index contributed by atoms with van der Waals surface area (Å²) in [5.74, 6) is 0.113. The first-order chi connectivity index (χ1) is 8.66. The SMILES string of the molecule is Nc1ccc(C(=O)OCC2CCOCC2)cc1Br. The number of benzene rings is 1. The lowest BCUT2D eigenvalue weighted by Gasteiger charge is -2.21. The minimum atomic E-state index is -0.304. The number of carbonyl (C=O) groups is 1. The highest BCUT2D eigenvalue weighted by Gasteiger charge is 2.16. The fourth-order valence-electron chi connectivity index (χ4n) is 1.84. The molecule has 0 saturated carbocycles. The molecule has 0 spiro atoms. The fraction of sp³-hybridized carbons (Fsp3) is 0.462. The molecule has 0 aliphatic carbocycles. The Kier molecular flexibility index (Phi) is 4.60. The van der Waals surface area contributed by atoms with Crippen molar-refractivity contribution >= 4 is 27.6 Å². The van der Waals surface area contributed by atoms with Gasteiger partial charge in [0.15, 0.2) is 0 Å². The van der Waals surface area contributed by atoms with Crippen LogP contribution in [0.1, 0.15) is 23.2 Å². The Hall–Kier alpha value is -1.07. The number of carbonyl (C=O) groups excluding carboxylic acids is 1. The Labute approximate surface area is 115 Å². The van der Waals surface area contributed by atoms with E-state index in [0.29, 0.717) is 28.2 Å². The Balaban J connectivity index is 1.88. The number of nitrogen functional groups attached to an aromatic ring is 1. The van der Waals surface area contributed by atoms with Crippen LogP contribution in [0.3, 0.4) is 0 Å². The minimum Gasteiger partial charge on any atom is -0.462 e. The Bertz CT molecular complexity index is 430. The first-order valence-electron chi connectivity index (χ1n) is 5.96. The summed E-state index contributed by atoms with van der Waals surface area (Å²) in [6, 6.07) is 5.04. The monoisotopic (exact) mass is 313 g/mol. The highest BCUT2D eigenvalue weighted by atomic mass is 79.9. The van der Waals surface area contributed by atoms with Crippen LogP contribution in [0.15, 0.2) is 22.7 Å². The zero-order valence-corrected chi connectivity index (χ0v) is 11.6. The third kappa shape index (κ3) is 3.46. The lowest BCUT2D eigenvalue weighted by Crippen LogP contribution is -2.21. The van der Waals surface area contributed by atoms with Gasteiger partial charge in [0, 0.05) is 23.4 Å². The molecule has 0 amide bonds. The molecule has 1 aromatic carbocycles. The molecule has 4 nitrogen and oxygen atoms in total. The van der Waals surface area contributed by atoms with E-state index in [0.717, 1.165) is 26.1 Å². The number of ether oxygens (including phenoxy) is 2. The Morgan fingerprint density at radius 3 is 2.83 bits per heavy atom. The molecule has 2 rings (SSSR count). The summed E-state index contributed by atoms with van der Waals surface area (Å²) in [5.41, 5.74) is 6.79. The fourth-order valence-corrected chi connectivity index (χ4v) is 2.22. The van der Waals surface area contributed by atoms with Gasteiger partial charge in [0.1, 0.15) is 0 Å². The van der Waals surface area contributed by atoms with E-state index in [4.69, 9.17) is 15.2 Å². The summed E-state index contributed by atoms with van der Waals surface area (Å²) < 4.78 is 11.3. The van der Waals surface area contributed by atoms with Gasteiger partial charge in [0.25, 0.3) is 0 Å². The molecule has 0 aromatic heterocycles. The average Bonchev–Trinajstić information content (AvgIpc) is 2.40. The minimum absolute atomic E-state index is 0.304. The van der Waals surface area contributed by atoms with Gasteiger partial charge in [-0.1, -0.05) is 0 Å². The largest absolute Gasteiger partial charge is 0.462 e. The molecule has 1 fully saturated rings. The molecule has 18 heavy (non-hydrogen) atoms. The Morgan fingerprint density at radius 2 is 2.17 bits per heavy atom. The third-order valence-corrected chi connectivity index (χ3v) is 3.71. The topological polar surface area (TPSA) is 61.6 Å². The number of esters is 1. The second kappa shape index (κ2) is 6.20. The molecule has 0 bridgehead atoms. The van der Waals surface area contributed by atoms with Crippen molar-refractivity contribution in [3.8, 4) is 0 Å². The second-order valence-electron chi connectivity index (χ2n) is 4.39. The molecular weight excluding hydrogens is 298 g/mol. The predicted molar refractivity (Wildman–Crippen MR) is 72.4 cm³/mol. The summed E-state index contributed by atoms with van der Waals surface area (Å²) in [4.78, 5) is 11.8. The Morgan fingerprint density at radius 1 is 1.44 bits per heavy atom. The maximum absolute atomic E-state index is 11.8. The van der Waals surface area contributed by atoms with Crippen LogP contribution in [0, 0.1) is 5.92 Å². The van der Waals surface area contributed by atoms with Crippen molar-refractivity contribution in [1.29, 1.82) is 0 Å². The summed E-state index contributed by atoms with van der Waals surface area (Å²) in [5, 5.41) is 0. The highest BCUT2D eigenvalue weighted by Crippen LogP contribution is 2.21. The second-order valence-corrected chi connectivity index (χ2v) is 5.24. The molecule has 0 atom stereocenters. The predicted octanol–water partition coefficient (Wildman–Crippen LogP) is 2.61. The van der Waals surface area contributed by atoms with Gasteiger partial charge in [0.05, 0.1) is 12.2 Å². The van der Waals surface area contributed by atoms with Crippen LogP contribution in [-0.4, -0.2) is 25.8 Å². The lowest BCUT2D eigenvalue weighted by molar-refractivity contribution is 0.0185. The zero-order valence-electron chi connectivity index (χ0n) is 10.0. The number of hydrogen-bond donors (Lipinski definition) is 1. The van der Waals surface area contributed by atoms with E-state index < -0.39 is 0 Å². The first-order valence-corrected chi connectivity index (χ1v) is 6.76. The molecule has 1 saturated heterocycles. The number of nitrogens with two attached hydrogens (primary N) is 1. The molecule has 1 aromatic rings. The molecule has 2 N–H and O–H groups in total. The molecule has 0 unspecified atom stereocenters. The van der Waals surface area contributed by atoms with Crippen molar-refractivity contribution in [1.82, 2.24) is 0 Å². The molecule has 5 heteroatoms. The van der Waals surface area contributed by atoms with Crippen LogP contribution < -0.4 is 5.73 Å². The molecule has 1 aliphatic heterocycles. The molecule has 98 valence electrons. The molecule has 0 radical (unpaired) electrons. The van der Waals surface area contributed by atoms with E-state index >= 15 is 0 Å². The van der Waals surface area contributed by atoms with E-state index in [2.05, 4.69) is 15.9 Å². The van der Waals surface area contributed by atoms with Crippen LogP contribution in [0.4, 0.5) is 5.69 Å². The summed E-state index contributed by atoms with van der Waals surface area (Å²) in [7, 11) is 0. The van der Waals surface area contributed by atoms with Crippen molar-refractivity contribution in [3.63, 3.8) is 0 Å². The summed E-state index contributed by atoms with van der Waals surface area (Å²) >= 11 is 3.29. The van der Waals surface area contributed by atoms with E-state index in [-0.39, 0.29) is 5.97 Å². The summed E-state index contributed by atoms with van der Waals surface area (Å²) in [6.45, 7) is 1.98. The van der Waals surface area contributed by atoms with Gasteiger partial charge in [-0.3, -0.25) is 0 Å². The van der Waals surface area contributed by atoms with Gasteiger partial charge >= 0.3 is 5.97 Å². The maximum atomic E-state index is 11.8. The van der Waals surface area contributed by atoms with Crippen molar-refractivity contribution in [2.45, 2.75) is 12.8 Å². The van der Waals surface area contributed by atoms with Gasteiger partial charge in [-0.25, -0.2) is 4.79 Å². The molecular formula is C13H16BrNO3. The normalized spacial score (nSPS) is 16.5. The van der Waals surface area contributed by atoms with Gasteiger partial charge in [-0.2, -0.15) is 0 Å². The number of halogens is 1. The van der Waals surface area contributed by atoms with Gasteiger partial charge in [-0.05, 0) is 52.9 Å². The van der Waals surface area contributed by atoms with Crippen molar-refractivity contribution < 1.29 is 14.3 Å². The number of rotatable bonds is 3. The van der Waals surface area contributed by atoms with Crippen LogP contribution in [0.5, 0.6) is 0 Å². The maximum Gasteiger partial charge on any atom is 0.338 e. The first kappa shape index (κ1) is 13.4. The highest BCUT2D eigenvalue weighted by molar-refractivity contribution is 9.10. The van der Waals surface area contributed by atoms with E-state index in [1.54, 1.807) is 18.2 Å². The van der Waals surface area contributed by atoms with Gasteiger partial charge in [-0.15, -0.1) is 0 Å². The van der Waals surface area contributed by atoms with Gasteiger partial charge < -0.3 is 15.2 Å². The molecule has 1 heterocycles. The van der Waals surface area contributed by atoms with Crippen molar-refractivity contribution in [2.75, 3.05) is 25.6 Å². The van der Waals surface area contributed by atoms with Crippen LogP contribution in [0.25, 0.3) is 0 Å². The zero-order chi connectivity index (χ0) is 13.0. The number of hydrogen-bond acceptors (Lipinski definition) is 4. The van der Waals surface area contributed by atoms with E-state index in [1.807, 2.05) is 0 Å². The average molecular weight is 314 g/mol. The summed E-state index contributed by atoms with van der Waals surface area (Å²) in [6.07, 6.45) is 1.91. The lowest BCUT2D eigenvalue weighted by atomic mass is 10.0. The van der Waals surface area contributed by atoms with Crippen molar-refractivity contribution in [3.05, 3.63) is 28.2 Å². The van der Waals surface area contributed by atoms with Gasteiger partial charge in [0.2, 0.25) is 0 Å². The van der Waals surface area contributed by atoms with E-state index in [9.17, 15) is 4.79 Å². The standard InChI is InChI=1S/C13H16BrNO3/c14-11-7-10(1-2-12(11)15)13(16)18-8-9-3-5-17-6-4-9/h1-2,7,9H,3-6,8,15H2. The number of anilines is 1. The third-order valence-electron chi connectivity index (χ3n) is 3.03.